The molecule has 0 saturated carbocycles. The van der Waals surface area contributed by atoms with Crippen LogP contribution in [0.1, 0.15) is 40.8 Å². The Morgan fingerprint density at radius 2 is 1.78 bits per heavy atom. The maximum absolute atomic E-state index is 11.8. The van der Waals surface area contributed by atoms with Gasteiger partial charge in [0.2, 0.25) is 5.91 Å². The van der Waals surface area contributed by atoms with Gasteiger partial charge in [0.25, 0.3) is 0 Å². The fraction of sp³-hybridized carbons (Fsp3) is 0.143. The predicted octanol–water partition coefficient (Wildman–Crippen LogP) is 5.26. The Kier molecular flexibility index (Phi) is 6.70. The van der Waals surface area contributed by atoms with Gasteiger partial charge in [-0.2, -0.15) is 0 Å². The van der Waals surface area contributed by atoms with E-state index >= 15 is 0 Å². The molecule has 2 atom stereocenters. The highest BCUT2D eigenvalue weighted by atomic mass is 32.1. The van der Waals surface area contributed by atoms with Crippen molar-refractivity contribution in [2.45, 2.75) is 19.0 Å². The maximum atomic E-state index is 11.8. The molecule has 186 valence electrons. The van der Waals surface area contributed by atoms with E-state index < -0.39 is 5.97 Å². The third-order valence-corrected chi connectivity index (χ3v) is 6.39. The Balaban J connectivity index is 1.51. The van der Waals surface area contributed by atoms with E-state index in [9.17, 15) is 9.59 Å². The molecule has 1 saturated heterocycles. The molecule has 2 unspecified atom stereocenters. The van der Waals surface area contributed by atoms with Gasteiger partial charge in [-0.3, -0.25) is 9.78 Å². The molecule has 37 heavy (non-hydrogen) atoms. The molecule has 1 amide bonds. The van der Waals surface area contributed by atoms with Crippen molar-refractivity contribution in [1.29, 1.82) is 0 Å². The van der Waals surface area contributed by atoms with Gasteiger partial charge in [-0.05, 0) is 72.9 Å². The molecule has 0 aliphatic carbocycles. The summed E-state index contributed by atoms with van der Waals surface area (Å²) in [6.07, 6.45) is 1.75. The lowest BCUT2D eigenvalue weighted by atomic mass is 10.0. The molecular formula is C28H24N4O4S. The molecule has 3 heterocycles. The normalized spacial score (nSPS) is 16.8. The second kappa shape index (κ2) is 10.2. The highest BCUT2D eigenvalue weighted by Crippen LogP contribution is 2.43. The number of carbonyl (C=O) groups is 2. The van der Waals surface area contributed by atoms with Crippen LogP contribution in [0.2, 0.25) is 0 Å². The van der Waals surface area contributed by atoms with Crippen molar-refractivity contribution in [1.82, 2.24) is 10.3 Å². The number of nitrogens with one attached hydrogen (secondary N) is 2. The van der Waals surface area contributed by atoms with Crippen molar-refractivity contribution in [2.24, 2.45) is 0 Å². The lowest BCUT2D eigenvalue weighted by Gasteiger charge is -2.26. The number of amides is 1. The summed E-state index contributed by atoms with van der Waals surface area (Å²) in [6.45, 7) is 1.47. The fourth-order valence-corrected chi connectivity index (χ4v) is 4.73. The van der Waals surface area contributed by atoms with E-state index in [2.05, 4.69) is 15.6 Å². The van der Waals surface area contributed by atoms with Crippen molar-refractivity contribution in [3.63, 3.8) is 0 Å². The van der Waals surface area contributed by atoms with E-state index in [-0.39, 0.29) is 18.0 Å². The van der Waals surface area contributed by atoms with Gasteiger partial charge in [0.05, 0.1) is 24.4 Å². The molecule has 0 spiro atoms. The minimum atomic E-state index is -0.393. The van der Waals surface area contributed by atoms with Crippen LogP contribution in [-0.2, 0) is 9.53 Å². The standard InChI is InChI=1S/C28H24N4O4S/c1-17(33)30-20-10-12-21(13-11-20)32-26(25(31-28(32)37)22-5-3-4-16-29-22)24-15-14-23(36-24)18-6-8-19(9-7-18)27(34)35-2/h3-16,25-26H,1-2H3,(H,30,33)(H,31,37). The predicted molar refractivity (Wildman–Crippen MR) is 144 cm³/mol. The van der Waals surface area contributed by atoms with E-state index in [1.807, 2.05) is 71.6 Å². The Hall–Kier alpha value is -4.50. The van der Waals surface area contributed by atoms with Crippen LogP contribution >= 0.6 is 12.2 Å². The summed E-state index contributed by atoms with van der Waals surface area (Å²) < 4.78 is 11.2. The Labute approximate surface area is 219 Å². The molecule has 2 aromatic heterocycles. The molecule has 4 aromatic rings. The fourth-order valence-electron chi connectivity index (χ4n) is 4.39. The molecular weight excluding hydrogens is 488 g/mol. The molecule has 2 N–H and O–H groups in total. The van der Waals surface area contributed by atoms with Gasteiger partial charge in [0.1, 0.15) is 17.6 Å². The van der Waals surface area contributed by atoms with Gasteiger partial charge in [0.15, 0.2) is 5.11 Å². The molecule has 8 nitrogen and oxygen atoms in total. The molecule has 1 aliphatic rings. The van der Waals surface area contributed by atoms with Gasteiger partial charge in [-0.15, -0.1) is 0 Å². The van der Waals surface area contributed by atoms with Crippen molar-refractivity contribution in [3.8, 4) is 11.3 Å². The number of carbonyl (C=O) groups excluding carboxylic acids is 2. The van der Waals surface area contributed by atoms with E-state index in [0.717, 1.165) is 16.9 Å². The number of hydrogen-bond donors (Lipinski definition) is 2. The van der Waals surface area contributed by atoms with Gasteiger partial charge in [-0.25, -0.2) is 4.79 Å². The highest BCUT2D eigenvalue weighted by molar-refractivity contribution is 7.80. The zero-order chi connectivity index (χ0) is 25.9. The number of anilines is 2. The smallest absolute Gasteiger partial charge is 0.337 e. The van der Waals surface area contributed by atoms with Crippen LogP contribution in [0.3, 0.4) is 0 Å². The molecule has 2 aromatic carbocycles. The number of thiocarbonyl (C=S) groups is 1. The van der Waals surface area contributed by atoms with Crippen molar-refractivity contribution in [3.05, 3.63) is 102 Å². The summed E-state index contributed by atoms with van der Waals surface area (Å²) >= 11 is 5.76. The maximum Gasteiger partial charge on any atom is 0.337 e. The average molecular weight is 513 g/mol. The number of benzene rings is 2. The highest BCUT2D eigenvalue weighted by Gasteiger charge is 2.42. The van der Waals surface area contributed by atoms with Crippen molar-refractivity contribution >= 4 is 40.6 Å². The summed E-state index contributed by atoms with van der Waals surface area (Å²) in [7, 11) is 1.35. The topological polar surface area (TPSA) is 96.7 Å². The van der Waals surface area contributed by atoms with Crippen LogP contribution in [0.15, 0.2) is 89.5 Å². The van der Waals surface area contributed by atoms with Crippen molar-refractivity contribution in [2.75, 3.05) is 17.3 Å². The third kappa shape index (κ3) is 4.94. The summed E-state index contributed by atoms with van der Waals surface area (Å²) in [5.41, 5.74) is 3.66. The van der Waals surface area contributed by atoms with E-state index in [0.29, 0.717) is 27.9 Å². The third-order valence-electron chi connectivity index (χ3n) is 6.07. The second-order valence-electron chi connectivity index (χ2n) is 8.50. The van der Waals surface area contributed by atoms with Crippen LogP contribution in [-0.4, -0.2) is 29.1 Å². The second-order valence-corrected chi connectivity index (χ2v) is 8.88. The number of nitrogens with zero attached hydrogens (tertiary/aromatic N) is 2. The SMILES string of the molecule is COC(=O)c1ccc(-c2ccc(C3C(c4ccccn4)NC(=S)N3c3ccc(NC(C)=O)cc3)o2)cc1. The monoisotopic (exact) mass is 512 g/mol. The van der Waals surface area contributed by atoms with E-state index in [1.54, 1.807) is 18.3 Å². The van der Waals surface area contributed by atoms with E-state index in [1.165, 1.54) is 14.0 Å². The number of furan rings is 1. The molecule has 5 rings (SSSR count). The largest absolute Gasteiger partial charge is 0.465 e. The summed E-state index contributed by atoms with van der Waals surface area (Å²) in [5, 5.41) is 6.72. The summed E-state index contributed by atoms with van der Waals surface area (Å²) in [6, 6.07) is 23.5. The first kappa shape index (κ1) is 24.2. The number of esters is 1. The minimum Gasteiger partial charge on any atom is -0.465 e. The first-order chi connectivity index (χ1) is 17.9. The van der Waals surface area contributed by atoms with Crippen LogP contribution in [0.5, 0.6) is 0 Å². The van der Waals surface area contributed by atoms with Crippen molar-refractivity contribution < 1.29 is 18.7 Å². The van der Waals surface area contributed by atoms with Gasteiger partial charge >= 0.3 is 5.97 Å². The number of ether oxygens (including phenoxy) is 1. The minimum absolute atomic E-state index is 0.137. The number of aromatic nitrogens is 1. The summed E-state index contributed by atoms with van der Waals surface area (Å²) in [5.74, 6) is 0.823. The number of rotatable bonds is 6. The van der Waals surface area contributed by atoms with E-state index in [4.69, 9.17) is 21.4 Å². The number of methoxy groups -OCH3 is 1. The molecule has 1 fully saturated rings. The first-order valence-corrected chi connectivity index (χ1v) is 12.0. The molecule has 9 heteroatoms. The Bertz CT molecular complexity index is 1440. The number of pyridine rings is 1. The average Bonchev–Trinajstić information content (AvgIpc) is 3.54. The van der Waals surface area contributed by atoms with Crippen LogP contribution in [0, 0.1) is 0 Å². The van der Waals surface area contributed by atoms with Crippen LogP contribution < -0.4 is 15.5 Å². The number of hydrogen-bond acceptors (Lipinski definition) is 6. The van der Waals surface area contributed by atoms with Gasteiger partial charge in [0, 0.05) is 30.1 Å². The van der Waals surface area contributed by atoms with Crippen LogP contribution in [0.25, 0.3) is 11.3 Å². The lowest BCUT2D eigenvalue weighted by molar-refractivity contribution is -0.114. The lowest BCUT2D eigenvalue weighted by Crippen LogP contribution is -2.29. The molecule has 1 aliphatic heterocycles. The van der Waals surface area contributed by atoms with Gasteiger partial charge < -0.3 is 24.7 Å². The zero-order valence-corrected chi connectivity index (χ0v) is 21.0. The Morgan fingerprint density at radius 1 is 1.03 bits per heavy atom. The molecule has 0 radical (unpaired) electrons. The van der Waals surface area contributed by atoms with Gasteiger partial charge in [-0.1, -0.05) is 18.2 Å². The molecule has 0 bridgehead atoms. The Morgan fingerprint density at radius 3 is 2.43 bits per heavy atom. The summed E-state index contributed by atoms with van der Waals surface area (Å²) in [4.78, 5) is 29.8. The quantitative estimate of drug-likeness (QED) is 0.267. The van der Waals surface area contributed by atoms with Crippen LogP contribution in [0.4, 0.5) is 11.4 Å². The zero-order valence-electron chi connectivity index (χ0n) is 20.2. The first-order valence-electron chi connectivity index (χ1n) is 11.6.